The van der Waals surface area contributed by atoms with Gasteiger partial charge in [-0.15, -0.1) is 0 Å². The van der Waals surface area contributed by atoms with Gasteiger partial charge in [0.25, 0.3) is 5.91 Å². The van der Waals surface area contributed by atoms with Crippen molar-refractivity contribution in [3.05, 3.63) is 47.5 Å². The van der Waals surface area contributed by atoms with Crippen LogP contribution in [0.15, 0.2) is 30.7 Å². The summed E-state index contributed by atoms with van der Waals surface area (Å²) in [7, 11) is 0. The zero-order valence-corrected chi connectivity index (χ0v) is 12.1. The second-order valence-electron chi connectivity index (χ2n) is 6.02. The van der Waals surface area contributed by atoms with Crippen molar-refractivity contribution in [2.75, 3.05) is 0 Å². The van der Waals surface area contributed by atoms with E-state index in [1.165, 1.54) is 0 Å². The van der Waals surface area contributed by atoms with E-state index in [-0.39, 0.29) is 5.78 Å². The van der Waals surface area contributed by atoms with Crippen LogP contribution in [0.5, 0.6) is 0 Å². The number of carbonyl (C=O) groups excluding carboxylic acids is 2. The van der Waals surface area contributed by atoms with Gasteiger partial charge in [-0.2, -0.15) is 0 Å². The van der Waals surface area contributed by atoms with E-state index in [1.54, 1.807) is 18.6 Å². The summed E-state index contributed by atoms with van der Waals surface area (Å²) in [5, 5.41) is 0. The summed E-state index contributed by atoms with van der Waals surface area (Å²) in [6, 6.07) is 3.69. The van der Waals surface area contributed by atoms with Crippen molar-refractivity contribution in [1.29, 1.82) is 0 Å². The molecule has 0 unspecified atom stereocenters. The van der Waals surface area contributed by atoms with Gasteiger partial charge in [0.05, 0.1) is 11.1 Å². The summed E-state index contributed by atoms with van der Waals surface area (Å²) in [6.45, 7) is 3.82. The lowest BCUT2D eigenvalue weighted by Gasteiger charge is -2.29. The van der Waals surface area contributed by atoms with E-state index >= 15 is 0 Å². The smallest absolute Gasteiger partial charge is 0.251 e. The highest BCUT2D eigenvalue weighted by atomic mass is 16.1. The molecule has 2 N–H and O–H groups in total. The number of hydrogen-bond acceptors (Lipinski definition) is 3. The maximum Gasteiger partial charge on any atom is 0.251 e. The minimum absolute atomic E-state index is 0.00893. The molecular weight excluding hydrogens is 266 g/mol. The monoisotopic (exact) mass is 283 g/mol. The second-order valence-corrected chi connectivity index (χ2v) is 6.02. The fraction of sp³-hybridized carbons (Fsp3) is 0.312. The molecule has 5 heteroatoms. The van der Waals surface area contributed by atoms with Crippen LogP contribution in [0, 0.1) is 5.41 Å². The Hall–Kier alpha value is -2.43. The summed E-state index contributed by atoms with van der Waals surface area (Å²) in [5.74, 6) is -0.574. The summed E-state index contributed by atoms with van der Waals surface area (Å²) in [6.07, 6.45) is 6.53. The van der Waals surface area contributed by atoms with E-state index in [0.717, 1.165) is 24.2 Å². The van der Waals surface area contributed by atoms with Crippen molar-refractivity contribution < 1.29 is 9.59 Å². The maximum absolute atomic E-state index is 12.7. The molecule has 5 nitrogen and oxygen atoms in total. The Bertz CT molecular complexity index is 729. The topological polar surface area (TPSA) is 78.0 Å². The predicted molar refractivity (Wildman–Crippen MR) is 78.5 cm³/mol. The van der Waals surface area contributed by atoms with E-state index in [2.05, 4.69) is 4.98 Å². The Morgan fingerprint density at radius 2 is 2.00 bits per heavy atom. The molecule has 0 saturated heterocycles. The summed E-state index contributed by atoms with van der Waals surface area (Å²) in [4.78, 5) is 28.4. The van der Waals surface area contributed by atoms with Gasteiger partial charge in [0, 0.05) is 35.4 Å². The number of primary amides is 1. The highest BCUT2D eigenvalue weighted by molar-refractivity contribution is 6.11. The number of pyridine rings is 1. The number of aromatic nitrogens is 2. The highest BCUT2D eigenvalue weighted by Crippen LogP contribution is 2.38. The van der Waals surface area contributed by atoms with Crippen molar-refractivity contribution in [2.24, 2.45) is 11.1 Å². The molecule has 0 aliphatic heterocycles. The van der Waals surface area contributed by atoms with Crippen molar-refractivity contribution in [2.45, 2.75) is 26.7 Å². The van der Waals surface area contributed by atoms with Gasteiger partial charge >= 0.3 is 0 Å². The molecule has 2 aromatic heterocycles. The second kappa shape index (κ2) is 4.55. The fourth-order valence-corrected chi connectivity index (χ4v) is 2.85. The number of amides is 1. The molecule has 108 valence electrons. The summed E-state index contributed by atoms with van der Waals surface area (Å²) < 4.78 is 1.88. The third-order valence-corrected chi connectivity index (χ3v) is 4.14. The van der Waals surface area contributed by atoms with Gasteiger partial charge < -0.3 is 10.3 Å². The molecule has 3 rings (SSSR count). The fourth-order valence-electron chi connectivity index (χ4n) is 2.85. The molecule has 21 heavy (non-hydrogen) atoms. The van der Waals surface area contributed by atoms with Crippen LogP contribution in [-0.4, -0.2) is 21.2 Å². The van der Waals surface area contributed by atoms with Crippen LogP contribution < -0.4 is 5.73 Å². The first-order valence-corrected chi connectivity index (χ1v) is 6.91. The Morgan fingerprint density at radius 1 is 1.33 bits per heavy atom. The Labute approximate surface area is 122 Å². The van der Waals surface area contributed by atoms with Crippen molar-refractivity contribution in [3.8, 4) is 5.69 Å². The standard InChI is InChI=1S/C16H17N3O2/c1-16(2)6-3-12-13(14(16)20)11(15(17)21)9-19(12)10-4-7-18-8-5-10/h4-5,7-9H,3,6H2,1-2H3,(H2,17,21). The highest BCUT2D eigenvalue weighted by Gasteiger charge is 2.39. The van der Waals surface area contributed by atoms with Crippen LogP contribution in [0.25, 0.3) is 5.69 Å². The quantitative estimate of drug-likeness (QED) is 0.917. The first-order valence-electron chi connectivity index (χ1n) is 6.91. The molecule has 0 spiro atoms. The van der Waals surface area contributed by atoms with E-state index in [9.17, 15) is 9.59 Å². The Kier molecular flexibility index (Phi) is 2.93. The number of carbonyl (C=O) groups is 2. The van der Waals surface area contributed by atoms with Gasteiger partial charge in [-0.05, 0) is 25.0 Å². The molecule has 0 saturated carbocycles. The minimum Gasteiger partial charge on any atom is -0.366 e. The molecule has 1 aliphatic carbocycles. The van der Waals surface area contributed by atoms with Crippen LogP contribution in [0.1, 0.15) is 46.7 Å². The average molecular weight is 283 g/mol. The SMILES string of the molecule is CC1(C)CCc2c(c(C(N)=O)cn2-c2ccncc2)C1=O. The lowest BCUT2D eigenvalue weighted by Crippen LogP contribution is -2.32. The maximum atomic E-state index is 12.7. The van der Waals surface area contributed by atoms with Crippen molar-refractivity contribution in [1.82, 2.24) is 9.55 Å². The van der Waals surface area contributed by atoms with Crippen LogP contribution in [0.2, 0.25) is 0 Å². The normalized spacial score (nSPS) is 16.6. The number of rotatable bonds is 2. The van der Waals surface area contributed by atoms with Gasteiger partial charge in [-0.25, -0.2) is 0 Å². The van der Waals surface area contributed by atoms with E-state index in [0.29, 0.717) is 11.1 Å². The van der Waals surface area contributed by atoms with Gasteiger partial charge in [0.15, 0.2) is 5.78 Å². The van der Waals surface area contributed by atoms with Gasteiger partial charge in [0.1, 0.15) is 0 Å². The third-order valence-electron chi connectivity index (χ3n) is 4.14. The molecular formula is C16H17N3O2. The van der Waals surface area contributed by atoms with Crippen molar-refractivity contribution >= 4 is 11.7 Å². The molecule has 0 bridgehead atoms. The molecule has 0 fully saturated rings. The van der Waals surface area contributed by atoms with Gasteiger partial charge in [-0.1, -0.05) is 13.8 Å². The van der Waals surface area contributed by atoms with Gasteiger partial charge in [0.2, 0.25) is 0 Å². The molecule has 1 aliphatic rings. The summed E-state index contributed by atoms with van der Waals surface area (Å²) in [5.41, 5.74) is 7.53. The lowest BCUT2D eigenvalue weighted by atomic mass is 9.74. The predicted octanol–water partition coefficient (Wildman–Crippen LogP) is 2.13. The number of hydrogen-bond donors (Lipinski definition) is 1. The van der Waals surface area contributed by atoms with Crippen LogP contribution >= 0.6 is 0 Å². The van der Waals surface area contributed by atoms with Crippen molar-refractivity contribution in [3.63, 3.8) is 0 Å². The lowest BCUT2D eigenvalue weighted by molar-refractivity contribution is 0.0804. The number of fused-ring (bicyclic) bond motifs is 1. The van der Waals surface area contributed by atoms with Gasteiger partial charge in [-0.3, -0.25) is 14.6 Å². The molecule has 2 heterocycles. The molecule has 0 atom stereocenters. The third kappa shape index (κ3) is 2.05. The number of Topliss-reactive ketones (excluding diaryl/α,β-unsaturated/α-hetero) is 1. The van der Waals surface area contributed by atoms with Crippen LogP contribution in [-0.2, 0) is 6.42 Å². The summed E-state index contributed by atoms with van der Waals surface area (Å²) >= 11 is 0. The minimum atomic E-state index is -0.565. The van der Waals surface area contributed by atoms with E-state index < -0.39 is 11.3 Å². The van der Waals surface area contributed by atoms with E-state index in [4.69, 9.17) is 5.73 Å². The number of nitrogens with zero attached hydrogens (tertiary/aromatic N) is 2. The first-order chi connectivity index (χ1) is 9.92. The molecule has 0 radical (unpaired) electrons. The Balaban J connectivity index is 2.25. The number of nitrogens with two attached hydrogens (primary N) is 1. The van der Waals surface area contributed by atoms with Crippen LogP contribution in [0.3, 0.4) is 0 Å². The molecule has 1 amide bonds. The number of ketones is 1. The average Bonchev–Trinajstić information content (AvgIpc) is 2.84. The molecule has 2 aromatic rings. The molecule has 0 aromatic carbocycles. The van der Waals surface area contributed by atoms with Crippen LogP contribution in [0.4, 0.5) is 0 Å². The van der Waals surface area contributed by atoms with E-state index in [1.807, 2.05) is 30.5 Å². The Morgan fingerprint density at radius 3 is 2.62 bits per heavy atom. The first kappa shape index (κ1) is 13.5. The largest absolute Gasteiger partial charge is 0.366 e. The zero-order valence-electron chi connectivity index (χ0n) is 12.1. The zero-order chi connectivity index (χ0) is 15.2.